The predicted octanol–water partition coefficient (Wildman–Crippen LogP) is 4.24. The number of carbonyl (C=O) groups excluding carboxylic acids is 5. The minimum atomic E-state index is -3.98. The number of aromatic nitrogens is 1. The molecule has 1 saturated carbocycles. The van der Waals surface area contributed by atoms with Crippen LogP contribution in [-0.2, 0) is 29.2 Å². The van der Waals surface area contributed by atoms with Crippen LogP contribution in [0.5, 0.6) is 0 Å². The molecule has 14 heteroatoms. The fraction of sp³-hybridized carbons (Fsp3) is 0.467. The number of nitrogens with one attached hydrogen (secondary N) is 3. The maximum atomic E-state index is 14.8. The molecular formula is C45H50N6O7S. The van der Waals surface area contributed by atoms with E-state index in [-0.39, 0.29) is 31.2 Å². The Balaban J connectivity index is 1.11. The van der Waals surface area contributed by atoms with Crippen molar-refractivity contribution < 1.29 is 32.4 Å². The first-order valence-electron chi connectivity index (χ1n) is 20.9. The molecule has 0 unspecified atom stereocenters. The number of allylic oxidation sites excluding steroid dienone is 1. The molecule has 308 valence electrons. The van der Waals surface area contributed by atoms with Gasteiger partial charge in [0, 0.05) is 49.0 Å². The van der Waals surface area contributed by atoms with Gasteiger partial charge in [0.2, 0.25) is 27.7 Å². The summed E-state index contributed by atoms with van der Waals surface area (Å²) in [6.45, 7) is 1.27. The van der Waals surface area contributed by atoms with Gasteiger partial charge in [-0.25, -0.2) is 18.1 Å². The largest absolute Gasteiger partial charge is 0.347 e. The second kappa shape index (κ2) is 17.0. The number of rotatable bonds is 8. The average molecular weight is 819 g/mol. The molecule has 8 rings (SSSR count). The van der Waals surface area contributed by atoms with Crippen molar-refractivity contribution >= 4 is 50.5 Å². The van der Waals surface area contributed by atoms with Gasteiger partial charge >= 0.3 is 0 Å². The zero-order valence-corrected chi connectivity index (χ0v) is 33.8. The Kier molecular flexibility index (Phi) is 11.6. The van der Waals surface area contributed by atoms with E-state index in [0.29, 0.717) is 67.4 Å². The second-order valence-electron chi connectivity index (χ2n) is 16.5. The predicted molar refractivity (Wildman–Crippen MR) is 222 cm³/mol. The number of piperidine rings is 1. The van der Waals surface area contributed by atoms with E-state index in [2.05, 4.69) is 27.2 Å². The number of amides is 5. The third kappa shape index (κ3) is 8.62. The van der Waals surface area contributed by atoms with Gasteiger partial charge in [-0.1, -0.05) is 85.4 Å². The van der Waals surface area contributed by atoms with Crippen molar-refractivity contribution in [1.82, 2.24) is 30.1 Å². The van der Waals surface area contributed by atoms with Crippen LogP contribution in [-0.4, -0.2) is 95.2 Å². The minimum absolute atomic E-state index is 0.00475. The van der Waals surface area contributed by atoms with Crippen LogP contribution in [0.1, 0.15) is 87.4 Å². The fourth-order valence-electron chi connectivity index (χ4n) is 8.71. The highest BCUT2D eigenvalue weighted by Gasteiger charge is 2.54. The van der Waals surface area contributed by atoms with E-state index in [1.807, 2.05) is 65.6 Å². The van der Waals surface area contributed by atoms with E-state index >= 15 is 0 Å². The van der Waals surface area contributed by atoms with Crippen LogP contribution in [0.3, 0.4) is 0 Å². The topological polar surface area (TPSA) is 175 Å². The Morgan fingerprint density at radius 3 is 2.41 bits per heavy atom. The van der Waals surface area contributed by atoms with Crippen LogP contribution in [0.25, 0.3) is 22.2 Å². The van der Waals surface area contributed by atoms with Crippen LogP contribution in [0, 0.1) is 23.7 Å². The smallest absolute Gasteiger partial charge is 0.273 e. The summed E-state index contributed by atoms with van der Waals surface area (Å²) >= 11 is 0. The highest BCUT2D eigenvalue weighted by atomic mass is 32.2. The van der Waals surface area contributed by atoms with Gasteiger partial charge in [0.15, 0.2) is 5.54 Å². The van der Waals surface area contributed by atoms with Gasteiger partial charge in [-0.3, -0.25) is 24.0 Å². The standard InChI is InChI=1S/C45H50N6O7S/c52-40(50-24-12-5-13-25-50)26-31-16-6-2-1-3-9-17-32-22-23-45(32,44(56)49-59(57,58)34-20-21-34)48-42(54)39-27-33(29-51(39)43(31)55)46-41(53)36-28-38(30-14-7-4-8-15-30)47-37-19-11-10-18-35(36)37/h4,7-11,14-15,17-19,28,31-34,39H,1-3,5-6,12-13,16,20-21,24-27,29H2,(H,46,53)(H,48,54)(H,49,56)/b17-9-/t31-,32-,33-,39+,45-/m1/s1. The molecule has 2 saturated heterocycles. The SMILES string of the molecule is O=C(N[C@@H]1C[C@H]2C(=O)N[C@]3(C(=O)NS(=O)(=O)C4CC4)C#C[C@H]3/C=C\CCCCC[C@H](CC(=O)N3CCCCC3)C(=O)N2C1)c1cc(-c2ccccc2)nc2ccccc12. The highest BCUT2D eigenvalue weighted by Crippen LogP contribution is 2.33. The molecule has 59 heavy (non-hydrogen) atoms. The molecule has 0 radical (unpaired) electrons. The first-order chi connectivity index (χ1) is 28.5. The summed E-state index contributed by atoms with van der Waals surface area (Å²) in [6.07, 6.45) is 10.8. The number of fused-ring (bicyclic) bond motifs is 3. The van der Waals surface area contributed by atoms with Crippen molar-refractivity contribution in [2.45, 2.75) is 99.9 Å². The number of hydrogen-bond acceptors (Lipinski definition) is 8. The van der Waals surface area contributed by atoms with E-state index in [1.54, 1.807) is 12.1 Å². The molecule has 2 aromatic carbocycles. The van der Waals surface area contributed by atoms with E-state index in [4.69, 9.17) is 4.98 Å². The number of carbonyl (C=O) groups is 5. The molecule has 13 nitrogen and oxygen atoms in total. The van der Waals surface area contributed by atoms with Crippen molar-refractivity contribution in [2.24, 2.45) is 11.8 Å². The Bertz CT molecular complexity index is 2350. The monoisotopic (exact) mass is 818 g/mol. The number of pyridine rings is 1. The number of likely N-dealkylation sites (tertiary alicyclic amines) is 1. The van der Waals surface area contributed by atoms with E-state index in [0.717, 1.165) is 37.7 Å². The van der Waals surface area contributed by atoms with Gasteiger partial charge in [-0.2, -0.15) is 0 Å². The lowest BCUT2D eigenvalue weighted by atomic mass is 9.75. The molecule has 2 aliphatic carbocycles. The Labute approximate surface area is 344 Å². The summed E-state index contributed by atoms with van der Waals surface area (Å²) in [6, 6.07) is 16.8. The fourth-order valence-corrected chi connectivity index (χ4v) is 10.1. The van der Waals surface area contributed by atoms with Gasteiger partial charge < -0.3 is 20.4 Å². The zero-order chi connectivity index (χ0) is 41.1. The molecule has 3 fully saturated rings. The summed E-state index contributed by atoms with van der Waals surface area (Å²) in [5, 5.41) is 5.86. The van der Waals surface area contributed by atoms with Crippen LogP contribution >= 0.6 is 0 Å². The van der Waals surface area contributed by atoms with Gasteiger partial charge in [0.1, 0.15) is 6.04 Å². The maximum Gasteiger partial charge on any atom is 0.273 e. The molecule has 0 spiro atoms. The molecule has 3 aromatic rings. The van der Waals surface area contributed by atoms with Crippen molar-refractivity contribution in [1.29, 1.82) is 0 Å². The van der Waals surface area contributed by atoms with Crippen LogP contribution in [0.15, 0.2) is 72.8 Å². The Morgan fingerprint density at radius 2 is 1.66 bits per heavy atom. The molecule has 5 amide bonds. The molecule has 3 N–H and O–H groups in total. The average Bonchev–Trinajstić information content (AvgIpc) is 4.03. The van der Waals surface area contributed by atoms with Crippen LogP contribution < -0.4 is 15.4 Å². The summed E-state index contributed by atoms with van der Waals surface area (Å²) < 4.78 is 28.1. The van der Waals surface area contributed by atoms with Gasteiger partial charge in [-0.15, -0.1) is 0 Å². The molecule has 3 aliphatic heterocycles. The number of nitrogens with zero attached hydrogens (tertiary/aromatic N) is 3. The molecule has 0 bridgehead atoms. The summed E-state index contributed by atoms with van der Waals surface area (Å²) in [5.41, 5.74) is 0.570. The molecule has 1 aromatic heterocycles. The first-order valence-corrected chi connectivity index (χ1v) is 22.5. The van der Waals surface area contributed by atoms with Crippen molar-refractivity contribution in [2.75, 3.05) is 19.6 Å². The minimum Gasteiger partial charge on any atom is -0.347 e. The lowest BCUT2D eigenvalue weighted by molar-refractivity contribution is -0.146. The third-order valence-electron chi connectivity index (χ3n) is 12.3. The zero-order valence-electron chi connectivity index (χ0n) is 33.0. The number of para-hydroxylation sites is 1. The van der Waals surface area contributed by atoms with Gasteiger partial charge in [-0.05, 0) is 69.9 Å². The summed E-state index contributed by atoms with van der Waals surface area (Å²) in [4.78, 5) is 79.4. The molecule has 4 heterocycles. The van der Waals surface area contributed by atoms with Crippen molar-refractivity contribution in [3.63, 3.8) is 0 Å². The highest BCUT2D eigenvalue weighted by molar-refractivity contribution is 7.91. The third-order valence-corrected chi connectivity index (χ3v) is 14.1. The van der Waals surface area contributed by atoms with Crippen molar-refractivity contribution in [3.05, 3.63) is 78.4 Å². The lowest BCUT2D eigenvalue weighted by Gasteiger charge is -2.38. The number of benzene rings is 2. The van der Waals surface area contributed by atoms with E-state index in [9.17, 15) is 32.4 Å². The van der Waals surface area contributed by atoms with E-state index in [1.165, 1.54) is 4.90 Å². The number of sulfonamides is 1. The molecule has 5 atom stereocenters. The van der Waals surface area contributed by atoms with Gasteiger partial charge in [0.05, 0.1) is 27.9 Å². The van der Waals surface area contributed by atoms with Crippen molar-refractivity contribution in [3.8, 4) is 23.1 Å². The summed E-state index contributed by atoms with van der Waals surface area (Å²) in [7, 11) is -3.98. The summed E-state index contributed by atoms with van der Waals surface area (Å²) in [5.74, 6) is 1.71. The normalized spacial score (nSPS) is 26.7. The Hall–Kier alpha value is -5.55. The van der Waals surface area contributed by atoms with Crippen LogP contribution in [0.2, 0.25) is 0 Å². The van der Waals surface area contributed by atoms with E-state index < -0.39 is 62.5 Å². The lowest BCUT2D eigenvalue weighted by Crippen LogP contribution is -2.67. The molecule has 5 aliphatic rings. The first kappa shape index (κ1) is 40.2. The maximum absolute atomic E-state index is 14.8. The number of hydrogen-bond donors (Lipinski definition) is 3. The second-order valence-corrected chi connectivity index (χ2v) is 18.4. The quantitative estimate of drug-likeness (QED) is 0.224. The van der Waals surface area contributed by atoms with Gasteiger partial charge in [0.25, 0.3) is 11.8 Å². The van der Waals surface area contributed by atoms with Crippen LogP contribution in [0.4, 0.5) is 0 Å². The Morgan fingerprint density at radius 1 is 0.915 bits per heavy atom. The molecular weight excluding hydrogens is 769 g/mol.